The number of phenols is 1. The van der Waals surface area contributed by atoms with Crippen LogP contribution in [0.1, 0.15) is 0 Å². The van der Waals surface area contributed by atoms with Crippen LogP contribution in [0.4, 0.5) is 11.4 Å². The second-order valence-electron chi connectivity index (χ2n) is 4.98. The van der Waals surface area contributed by atoms with Gasteiger partial charge >= 0.3 is 0 Å². The van der Waals surface area contributed by atoms with E-state index in [9.17, 15) is 14.7 Å². The highest BCUT2D eigenvalue weighted by Crippen LogP contribution is 2.33. The number of hydrogen-bond donors (Lipinski definition) is 2. The van der Waals surface area contributed by atoms with Gasteiger partial charge in [0.2, 0.25) is 0 Å². The van der Waals surface area contributed by atoms with E-state index in [2.05, 4.69) is 5.32 Å². The van der Waals surface area contributed by atoms with Gasteiger partial charge in [-0.15, -0.1) is 0 Å². The van der Waals surface area contributed by atoms with E-state index in [1.54, 1.807) is 42.5 Å². The Morgan fingerprint density at radius 1 is 1.08 bits per heavy atom. The van der Waals surface area contributed by atoms with Crippen molar-refractivity contribution in [2.75, 3.05) is 17.3 Å². The van der Waals surface area contributed by atoms with Crippen molar-refractivity contribution in [3.8, 4) is 11.5 Å². The Labute approximate surface area is 142 Å². The molecular formula is C17H13ClN2O4. The van der Waals surface area contributed by atoms with E-state index < -0.39 is 11.8 Å². The van der Waals surface area contributed by atoms with Gasteiger partial charge in [-0.1, -0.05) is 29.8 Å². The van der Waals surface area contributed by atoms with Crippen molar-refractivity contribution in [1.82, 2.24) is 0 Å². The molecule has 7 heteroatoms. The summed E-state index contributed by atoms with van der Waals surface area (Å²) in [5, 5.41) is 12.3. The van der Waals surface area contributed by atoms with E-state index in [4.69, 9.17) is 16.3 Å². The van der Waals surface area contributed by atoms with Crippen LogP contribution in [0.15, 0.2) is 59.3 Å². The molecule has 2 amide bonds. The highest BCUT2D eigenvalue weighted by atomic mass is 35.5. The van der Waals surface area contributed by atoms with Gasteiger partial charge in [0.05, 0.1) is 18.5 Å². The first-order valence-corrected chi connectivity index (χ1v) is 7.38. The molecule has 2 aromatic carbocycles. The van der Waals surface area contributed by atoms with Crippen molar-refractivity contribution in [1.29, 1.82) is 0 Å². The van der Waals surface area contributed by atoms with Crippen molar-refractivity contribution < 1.29 is 19.4 Å². The van der Waals surface area contributed by atoms with Gasteiger partial charge in [-0.3, -0.25) is 9.59 Å². The van der Waals surface area contributed by atoms with Crippen molar-refractivity contribution >= 4 is 34.8 Å². The van der Waals surface area contributed by atoms with Gasteiger partial charge in [0.25, 0.3) is 11.8 Å². The maximum atomic E-state index is 12.6. The van der Waals surface area contributed by atoms with Crippen molar-refractivity contribution in [3.63, 3.8) is 0 Å². The molecule has 24 heavy (non-hydrogen) atoms. The fourth-order valence-electron chi connectivity index (χ4n) is 2.31. The Balaban J connectivity index is 1.94. The van der Waals surface area contributed by atoms with Crippen molar-refractivity contribution in [2.45, 2.75) is 0 Å². The molecule has 0 unspecified atom stereocenters. The number of nitrogens with one attached hydrogen (secondary N) is 1. The third-order valence-electron chi connectivity index (χ3n) is 3.50. The first-order chi connectivity index (χ1) is 11.5. The fraction of sp³-hybridized carbons (Fsp3) is 0.0588. The highest BCUT2D eigenvalue weighted by Gasteiger charge is 2.39. The number of carbonyl (C=O) groups excluding carboxylic acids is 2. The Hall–Kier alpha value is -2.99. The minimum absolute atomic E-state index is 0.0606. The highest BCUT2D eigenvalue weighted by molar-refractivity contribution is 6.53. The summed E-state index contributed by atoms with van der Waals surface area (Å²) in [5.74, 6) is -0.810. The number of nitrogens with zero attached hydrogens (tertiary/aromatic N) is 1. The number of hydrogen-bond acceptors (Lipinski definition) is 5. The smallest absolute Gasteiger partial charge is 0.283 e. The van der Waals surface area contributed by atoms with Gasteiger partial charge in [0.15, 0.2) is 0 Å². The number of para-hydroxylation sites is 2. The minimum atomic E-state index is -0.646. The summed E-state index contributed by atoms with van der Waals surface area (Å²) in [7, 11) is 1.49. The molecule has 0 aromatic heterocycles. The normalized spacial score (nSPS) is 14.3. The monoisotopic (exact) mass is 344 g/mol. The lowest BCUT2D eigenvalue weighted by Crippen LogP contribution is -2.32. The summed E-state index contributed by atoms with van der Waals surface area (Å²) in [6, 6.07) is 12.9. The average Bonchev–Trinajstić information content (AvgIpc) is 2.80. The molecule has 0 saturated carbocycles. The Kier molecular flexibility index (Phi) is 4.14. The van der Waals surface area contributed by atoms with Gasteiger partial charge < -0.3 is 15.2 Å². The molecule has 122 valence electrons. The lowest BCUT2D eigenvalue weighted by Gasteiger charge is -2.16. The molecule has 0 radical (unpaired) electrons. The molecule has 2 N–H and O–H groups in total. The maximum Gasteiger partial charge on any atom is 0.283 e. The van der Waals surface area contributed by atoms with Crippen LogP contribution in [0.25, 0.3) is 0 Å². The molecule has 0 bridgehead atoms. The molecule has 0 atom stereocenters. The Morgan fingerprint density at radius 3 is 2.54 bits per heavy atom. The van der Waals surface area contributed by atoms with Gasteiger partial charge in [0, 0.05) is 6.07 Å². The number of aromatic hydroxyl groups is 1. The number of ether oxygens (including phenoxy) is 1. The average molecular weight is 345 g/mol. The van der Waals surface area contributed by atoms with Crippen LogP contribution in [-0.2, 0) is 9.59 Å². The number of phenolic OH excluding ortho intramolecular Hbond substituents is 1. The molecule has 6 nitrogen and oxygen atoms in total. The van der Waals surface area contributed by atoms with E-state index in [1.807, 2.05) is 0 Å². The van der Waals surface area contributed by atoms with Gasteiger partial charge in [-0.05, 0) is 24.3 Å². The molecule has 0 saturated heterocycles. The molecule has 1 aliphatic heterocycles. The number of methoxy groups -OCH3 is 1. The van der Waals surface area contributed by atoms with Crippen LogP contribution in [0.3, 0.4) is 0 Å². The molecule has 1 aliphatic rings. The SMILES string of the molecule is COc1cccc(N2C(=O)C(Cl)=C(Nc3ccccc3O)C2=O)c1. The second-order valence-corrected chi connectivity index (χ2v) is 5.36. The van der Waals surface area contributed by atoms with Gasteiger partial charge in [-0.25, -0.2) is 4.90 Å². The first kappa shape index (κ1) is 15.9. The molecule has 1 heterocycles. The summed E-state index contributed by atoms with van der Waals surface area (Å²) in [6.07, 6.45) is 0. The zero-order chi connectivity index (χ0) is 17.3. The molecular weight excluding hydrogens is 332 g/mol. The number of benzene rings is 2. The fourth-order valence-corrected chi connectivity index (χ4v) is 2.52. The quantitative estimate of drug-likeness (QED) is 0.658. The molecule has 0 fully saturated rings. The Bertz CT molecular complexity index is 863. The summed E-state index contributed by atoms with van der Waals surface area (Å²) in [6.45, 7) is 0. The van der Waals surface area contributed by atoms with Crippen LogP contribution in [0, 0.1) is 0 Å². The van der Waals surface area contributed by atoms with E-state index in [-0.39, 0.29) is 22.2 Å². The van der Waals surface area contributed by atoms with Crippen molar-refractivity contribution in [3.05, 3.63) is 59.3 Å². The summed E-state index contributed by atoms with van der Waals surface area (Å²) in [4.78, 5) is 25.9. The van der Waals surface area contributed by atoms with Crippen LogP contribution in [0.2, 0.25) is 0 Å². The maximum absolute atomic E-state index is 12.6. The topological polar surface area (TPSA) is 78.9 Å². The predicted octanol–water partition coefficient (Wildman–Crippen LogP) is 2.84. The minimum Gasteiger partial charge on any atom is -0.506 e. The first-order valence-electron chi connectivity index (χ1n) is 7.00. The summed E-state index contributed by atoms with van der Waals surface area (Å²) < 4.78 is 5.11. The third kappa shape index (κ3) is 2.68. The standard InChI is InChI=1S/C17H13ClN2O4/c1-24-11-6-4-5-10(9-11)20-16(22)14(18)15(17(20)23)19-12-7-2-3-8-13(12)21/h2-9,19,21H,1H3. The van der Waals surface area contributed by atoms with Crippen LogP contribution in [0.5, 0.6) is 11.5 Å². The number of rotatable bonds is 4. The number of imide groups is 1. The molecule has 3 rings (SSSR count). The molecule has 0 aliphatic carbocycles. The van der Waals surface area contributed by atoms with Gasteiger partial charge in [0.1, 0.15) is 22.2 Å². The largest absolute Gasteiger partial charge is 0.506 e. The number of halogens is 1. The van der Waals surface area contributed by atoms with Crippen molar-refractivity contribution in [2.24, 2.45) is 0 Å². The van der Waals surface area contributed by atoms with Crippen LogP contribution < -0.4 is 15.0 Å². The molecule has 0 spiro atoms. The summed E-state index contributed by atoms with van der Waals surface area (Å²) in [5.41, 5.74) is 0.530. The number of carbonyl (C=O) groups is 2. The van der Waals surface area contributed by atoms with Crippen LogP contribution >= 0.6 is 11.6 Å². The number of anilines is 2. The predicted molar refractivity (Wildman–Crippen MR) is 90.1 cm³/mol. The van der Waals surface area contributed by atoms with E-state index in [0.29, 0.717) is 11.4 Å². The van der Waals surface area contributed by atoms with E-state index in [0.717, 1.165) is 4.90 Å². The lowest BCUT2D eigenvalue weighted by molar-refractivity contribution is -0.120. The lowest BCUT2D eigenvalue weighted by atomic mass is 10.2. The number of amides is 2. The van der Waals surface area contributed by atoms with E-state index >= 15 is 0 Å². The third-order valence-corrected chi connectivity index (χ3v) is 3.85. The molecule has 2 aromatic rings. The zero-order valence-corrected chi connectivity index (χ0v) is 13.4. The summed E-state index contributed by atoms with van der Waals surface area (Å²) >= 11 is 6.04. The van der Waals surface area contributed by atoms with Gasteiger partial charge in [-0.2, -0.15) is 0 Å². The second kappa shape index (κ2) is 6.25. The van der Waals surface area contributed by atoms with Crippen LogP contribution in [-0.4, -0.2) is 24.0 Å². The van der Waals surface area contributed by atoms with E-state index in [1.165, 1.54) is 13.2 Å². The zero-order valence-electron chi connectivity index (χ0n) is 12.6. The Morgan fingerprint density at radius 2 is 1.83 bits per heavy atom.